The highest BCUT2D eigenvalue weighted by Crippen LogP contribution is 2.54. The zero-order valence-electron chi connectivity index (χ0n) is 11.1. The SMILES string of the molecule is COC(=O)C1([Si](C)(C)C)C(C)=CC=CC1C. The average Bonchev–Trinajstić information content (AvgIpc) is 2.15. The third kappa shape index (κ3) is 1.67. The molecule has 2 nitrogen and oxygen atoms in total. The molecule has 0 aromatic heterocycles. The first-order valence-corrected chi connectivity index (χ1v) is 9.22. The molecular formula is C13H22O2Si. The molecule has 90 valence electrons. The first kappa shape index (κ1) is 13.2. The molecule has 0 amide bonds. The van der Waals surface area contributed by atoms with Gasteiger partial charge in [-0.05, 0) is 12.8 Å². The molecule has 0 N–H and O–H groups in total. The fraction of sp³-hybridized carbons (Fsp3) is 0.615. The van der Waals surface area contributed by atoms with E-state index in [-0.39, 0.29) is 11.9 Å². The number of carbonyl (C=O) groups is 1. The molecule has 0 saturated heterocycles. The van der Waals surface area contributed by atoms with Crippen molar-refractivity contribution in [3.8, 4) is 0 Å². The third-order valence-electron chi connectivity index (χ3n) is 3.74. The van der Waals surface area contributed by atoms with Gasteiger partial charge in [-0.3, -0.25) is 4.79 Å². The van der Waals surface area contributed by atoms with Gasteiger partial charge in [-0.1, -0.05) is 50.4 Å². The summed E-state index contributed by atoms with van der Waals surface area (Å²) in [5.41, 5.74) is 1.15. The molecule has 0 aliphatic heterocycles. The van der Waals surface area contributed by atoms with Crippen molar-refractivity contribution in [2.45, 2.75) is 38.5 Å². The van der Waals surface area contributed by atoms with Gasteiger partial charge in [0.05, 0.1) is 20.2 Å². The number of rotatable bonds is 2. The Hall–Kier alpha value is -0.833. The number of esters is 1. The minimum Gasteiger partial charge on any atom is -0.469 e. The van der Waals surface area contributed by atoms with Gasteiger partial charge in [0.2, 0.25) is 0 Å². The first-order valence-electron chi connectivity index (χ1n) is 5.72. The van der Waals surface area contributed by atoms with Gasteiger partial charge in [0.15, 0.2) is 0 Å². The van der Waals surface area contributed by atoms with Crippen molar-refractivity contribution in [3.05, 3.63) is 23.8 Å². The van der Waals surface area contributed by atoms with Gasteiger partial charge in [0, 0.05) is 0 Å². The average molecular weight is 238 g/mol. The Morgan fingerprint density at radius 3 is 2.38 bits per heavy atom. The van der Waals surface area contributed by atoms with Crippen molar-refractivity contribution in [2.24, 2.45) is 5.92 Å². The van der Waals surface area contributed by atoms with E-state index < -0.39 is 13.1 Å². The lowest BCUT2D eigenvalue weighted by Crippen LogP contribution is -2.51. The van der Waals surface area contributed by atoms with Crippen LogP contribution in [0.1, 0.15) is 13.8 Å². The smallest absolute Gasteiger partial charge is 0.313 e. The molecule has 0 saturated carbocycles. The van der Waals surface area contributed by atoms with E-state index in [0.717, 1.165) is 5.57 Å². The van der Waals surface area contributed by atoms with Gasteiger partial charge in [-0.15, -0.1) is 0 Å². The van der Waals surface area contributed by atoms with Gasteiger partial charge in [0.25, 0.3) is 0 Å². The van der Waals surface area contributed by atoms with Crippen LogP contribution in [0.4, 0.5) is 0 Å². The van der Waals surface area contributed by atoms with Crippen LogP contribution in [0.5, 0.6) is 0 Å². The predicted octanol–water partition coefficient (Wildman–Crippen LogP) is 3.39. The van der Waals surface area contributed by atoms with Crippen molar-refractivity contribution in [2.75, 3.05) is 7.11 Å². The Morgan fingerprint density at radius 1 is 1.44 bits per heavy atom. The van der Waals surface area contributed by atoms with E-state index in [9.17, 15) is 4.79 Å². The minimum atomic E-state index is -1.71. The highest BCUT2D eigenvalue weighted by Gasteiger charge is 2.55. The molecular weight excluding hydrogens is 216 g/mol. The molecule has 1 aliphatic carbocycles. The molecule has 1 aliphatic rings. The summed E-state index contributed by atoms with van der Waals surface area (Å²) in [7, 11) is -0.222. The summed E-state index contributed by atoms with van der Waals surface area (Å²) in [5.74, 6) is 0.147. The van der Waals surface area contributed by atoms with Crippen LogP contribution in [0, 0.1) is 5.92 Å². The lowest BCUT2D eigenvalue weighted by Gasteiger charge is -2.46. The van der Waals surface area contributed by atoms with Gasteiger partial charge >= 0.3 is 5.97 Å². The maximum absolute atomic E-state index is 12.3. The number of hydrogen-bond acceptors (Lipinski definition) is 2. The van der Waals surface area contributed by atoms with Crippen LogP contribution in [-0.2, 0) is 9.53 Å². The standard InChI is InChI=1S/C13H22O2Si/c1-10-8-7-9-11(2)13(10,12(14)15-3)16(4,5)6/h7-10H,1-6H3. The highest BCUT2D eigenvalue weighted by atomic mass is 28.3. The zero-order valence-corrected chi connectivity index (χ0v) is 12.1. The molecule has 0 radical (unpaired) electrons. The molecule has 3 heteroatoms. The van der Waals surface area contributed by atoms with Crippen molar-refractivity contribution in [3.63, 3.8) is 0 Å². The Labute approximate surface area is 99.4 Å². The normalized spacial score (nSPS) is 29.9. The van der Waals surface area contributed by atoms with Crippen molar-refractivity contribution >= 4 is 14.0 Å². The second-order valence-corrected chi connectivity index (χ2v) is 10.9. The monoisotopic (exact) mass is 238 g/mol. The molecule has 16 heavy (non-hydrogen) atoms. The zero-order chi connectivity index (χ0) is 12.6. The van der Waals surface area contributed by atoms with E-state index in [0.29, 0.717) is 0 Å². The van der Waals surface area contributed by atoms with E-state index in [1.54, 1.807) is 0 Å². The first-order chi connectivity index (χ1) is 7.28. The molecule has 1 rings (SSSR count). The second kappa shape index (κ2) is 4.21. The molecule has 2 unspecified atom stereocenters. The van der Waals surface area contributed by atoms with Crippen molar-refractivity contribution < 1.29 is 9.53 Å². The minimum absolute atomic E-state index is 0.0720. The maximum atomic E-state index is 12.3. The number of carbonyl (C=O) groups excluding carboxylic acids is 1. The fourth-order valence-electron chi connectivity index (χ4n) is 3.09. The van der Waals surface area contributed by atoms with Crippen LogP contribution in [0.3, 0.4) is 0 Å². The van der Waals surface area contributed by atoms with Gasteiger partial charge in [0.1, 0.15) is 0 Å². The highest BCUT2D eigenvalue weighted by molar-refractivity contribution is 6.83. The topological polar surface area (TPSA) is 26.3 Å². The van der Waals surface area contributed by atoms with Crippen LogP contribution >= 0.6 is 0 Å². The van der Waals surface area contributed by atoms with E-state index in [2.05, 4.69) is 45.6 Å². The number of hydrogen-bond donors (Lipinski definition) is 0. The second-order valence-electron chi connectivity index (χ2n) is 5.57. The van der Waals surface area contributed by atoms with Crippen molar-refractivity contribution in [1.29, 1.82) is 0 Å². The summed E-state index contributed by atoms with van der Waals surface area (Å²) in [6.07, 6.45) is 6.21. The Kier molecular flexibility index (Phi) is 3.48. The predicted molar refractivity (Wildman–Crippen MR) is 70.1 cm³/mol. The summed E-state index contributed by atoms with van der Waals surface area (Å²) < 4.78 is 5.08. The molecule has 0 heterocycles. The maximum Gasteiger partial charge on any atom is 0.313 e. The molecule has 0 aromatic carbocycles. The van der Waals surface area contributed by atoms with Gasteiger partial charge < -0.3 is 4.74 Å². The molecule has 0 aromatic rings. The number of methoxy groups -OCH3 is 1. The molecule has 0 spiro atoms. The van der Waals surface area contributed by atoms with Crippen LogP contribution < -0.4 is 0 Å². The summed E-state index contributed by atoms with van der Waals surface area (Å²) in [6, 6.07) is 0. The summed E-state index contributed by atoms with van der Waals surface area (Å²) >= 11 is 0. The van der Waals surface area contributed by atoms with Gasteiger partial charge in [-0.25, -0.2) is 0 Å². The molecule has 0 bridgehead atoms. The summed E-state index contributed by atoms with van der Waals surface area (Å²) in [4.78, 5) is 12.3. The summed E-state index contributed by atoms with van der Waals surface area (Å²) in [6.45, 7) is 10.9. The number of allylic oxidation sites excluding steroid dienone is 3. The lowest BCUT2D eigenvalue weighted by atomic mass is 9.82. The fourth-order valence-corrected chi connectivity index (χ4v) is 6.53. The molecule has 0 fully saturated rings. The Balaban J connectivity index is 3.41. The van der Waals surface area contributed by atoms with Crippen LogP contribution in [0.15, 0.2) is 23.8 Å². The largest absolute Gasteiger partial charge is 0.469 e. The molecule has 2 atom stereocenters. The quantitative estimate of drug-likeness (QED) is 0.544. The Bertz CT molecular complexity index is 349. The third-order valence-corrected chi connectivity index (χ3v) is 7.16. The van der Waals surface area contributed by atoms with Crippen LogP contribution in [0.2, 0.25) is 24.7 Å². The van der Waals surface area contributed by atoms with Crippen LogP contribution in [0.25, 0.3) is 0 Å². The van der Waals surface area contributed by atoms with E-state index >= 15 is 0 Å². The number of ether oxygens (including phenoxy) is 1. The van der Waals surface area contributed by atoms with Crippen LogP contribution in [-0.4, -0.2) is 21.2 Å². The van der Waals surface area contributed by atoms with Gasteiger partial charge in [-0.2, -0.15) is 0 Å². The van der Waals surface area contributed by atoms with E-state index in [4.69, 9.17) is 4.74 Å². The summed E-state index contributed by atoms with van der Waals surface area (Å²) in [5, 5.41) is -0.406. The Morgan fingerprint density at radius 2 is 2.00 bits per heavy atom. The van der Waals surface area contributed by atoms with Crippen molar-refractivity contribution in [1.82, 2.24) is 0 Å². The lowest BCUT2D eigenvalue weighted by molar-refractivity contribution is -0.144. The van der Waals surface area contributed by atoms with E-state index in [1.165, 1.54) is 7.11 Å². The van der Waals surface area contributed by atoms with E-state index in [1.807, 2.05) is 6.08 Å².